The van der Waals surface area contributed by atoms with Gasteiger partial charge in [0.25, 0.3) is 6.01 Å². The molecular weight excluding hydrogens is 190 g/mol. The van der Waals surface area contributed by atoms with Gasteiger partial charge in [0.05, 0.1) is 6.07 Å². The van der Waals surface area contributed by atoms with E-state index in [9.17, 15) is 0 Å². The Morgan fingerprint density at radius 2 is 2.27 bits per heavy atom. The van der Waals surface area contributed by atoms with Crippen LogP contribution in [-0.2, 0) is 0 Å². The number of anilines is 1. The number of hydrogen-bond acceptors (Lipinski definition) is 4. The van der Waals surface area contributed by atoms with Crippen LogP contribution in [-0.4, -0.2) is 11.5 Å². The summed E-state index contributed by atoms with van der Waals surface area (Å²) in [7, 11) is 0. The first-order chi connectivity index (χ1) is 7.40. The molecule has 2 aromatic rings. The smallest absolute Gasteiger partial charge is 0.295 e. The van der Waals surface area contributed by atoms with Gasteiger partial charge in [0.2, 0.25) is 0 Å². The minimum absolute atomic E-state index is 0.522. The summed E-state index contributed by atoms with van der Waals surface area (Å²) < 4.78 is 5.44. The molecule has 0 aliphatic rings. The molecule has 0 saturated heterocycles. The Bertz CT molecular complexity index is 451. The van der Waals surface area contributed by atoms with Crippen LogP contribution in [0.1, 0.15) is 12.8 Å². The SMILES string of the molecule is N#CCCCNc1nc2ccccc2o1. The predicted octanol–water partition coefficient (Wildman–Crippen LogP) is 2.54. The molecule has 0 bridgehead atoms. The molecule has 4 heteroatoms. The van der Waals surface area contributed by atoms with Crippen molar-refractivity contribution in [2.75, 3.05) is 11.9 Å². The lowest BCUT2D eigenvalue weighted by Crippen LogP contribution is -2.00. The highest BCUT2D eigenvalue weighted by atomic mass is 16.4. The third-order valence-corrected chi connectivity index (χ3v) is 2.04. The van der Waals surface area contributed by atoms with Crippen LogP contribution < -0.4 is 5.32 Å². The number of fused-ring (bicyclic) bond motifs is 1. The Kier molecular flexibility index (Phi) is 2.84. The fourth-order valence-electron chi connectivity index (χ4n) is 1.31. The Morgan fingerprint density at radius 1 is 1.40 bits per heavy atom. The summed E-state index contributed by atoms with van der Waals surface area (Å²) >= 11 is 0. The number of hydrogen-bond donors (Lipinski definition) is 1. The third-order valence-electron chi connectivity index (χ3n) is 2.04. The highest BCUT2D eigenvalue weighted by molar-refractivity contribution is 5.74. The van der Waals surface area contributed by atoms with Crippen molar-refractivity contribution in [3.8, 4) is 6.07 Å². The number of nitrogens with one attached hydrogen (secondary N) is 1. The van der Waals surface area contributed by atoms with Gasteiger partial charge in [-0.05, 0) is 18.6 Å². The largest absolute Gasteiger partial charge is 0.424 e. The zero-order valence-electron chi connectivity index (χ0n) is 8.23. The lowest BCUT2D eigenvalue weighted by atomic mass is 10.3. The van der Waals surface area contributed by atoms with E-state index in [4.69, 9.17) is 9.68 Å². The molecule has 0 saturated carbocycles. The zero-order valence-corrected chi connectivity index (χ0v) is 8.23. The molecule has 76 valence electrons. The Morgan fingerprint density at radius 3 is 3.07 bits per heavy atom. The summed E-state index contributed by atoms with van der Waals surface area (Å²) in [5, 5.41) is 11.4. The number of benzene rings is 1. The van der Waals surface area contributed by atoms with E-state index >= 15 is 0 Å². The van der Waals surface area contributed by atoms with Crippen LogP contribution in [0.2, 0.25) is 0 Å². The first-order valence-electron chi connectivity index (χ1n) is 4.86. The van der Waals surface area contributed by atoms with Gasteiger partial charge in [0.1, 0.15) is 5.52 Å². The maximum atomic E-state index is 8.36. The molecule has 15 heavy (non-hydrogen) atoms. The van der Waals surface area contributed by atoms with E-state index in [0.717, 1.165) is 17.5 Å². The van der Waals surface area contributed by atoms with Gasteiger partial charge in [0, 0.05) is 13.0 Å². The van der Waals surface area contributed by atoms with Crippen molar-refractivity contribution in [2.24, 2.45) is 0 Å². The number of oxazole rings is 1. The molecule has 0 atom stereocenters. The molecule has 1 N–H and O–H groups in total. The Labute approximate surface area is 87.5 Å². The lowest BCUT2D eigenvalue weighted by Gasteiger charge is -1.96. The molecule has 1 aromatic heterocycles. The summed E-state index contributed by atoms with van der Waals surface area (Å²) in [6, 6.07) is 10.2. The van der Waals surface area contributed by atoms with E-state index in [1.54, 1.807) is 0 Å². The van der Waals surface area contributed by atoms with Gasteiger partial charge in [-0.25, -0.2) is 0 Å². The van der Waals surface area contributed by atoms with Crippen LogP contribution in [0.3, 0.4) is 0 Å². The van der Waals surface area contributed by atoms with Crippen molar-refractivity contribution in [1.29, 1.82) is 5.26 Å². The Hall–Kier alpha value is -2.02. The number of nitrogens with zero attached hydrogens (tertiary/aromatic N) is 2. The maximum Gasteiger partial charge on any atom is 0.295 e. The molecule has 0 radical (unpaired) electrons. The summed E-state index contributed by atoms with van der Waals surface area (Å²) in [6.45, 7) is 0.709. The molecule has 4 nitrogen and oxygen atoms in total. The summed E-state index contributed by atoms with van der Waals surface area (Å²) in [5.41, 5.74) is 1.63. The van der Waals surface area contributed by atoms with Crippen LogP contribution in [0.15, 0.2) is 28.7 Å². The standard InChI is InChI=1S/C11H11N3O/c12-7-3-4-8-13-11-14-9-5-1-2-6-10(9)15-11/h1-2,5-6H,3-4,8H2,(H,13,14). The normalized spacial score (nSPS) is 10.1. The van der Waals surface area contributed by atoms with E-state index in [0.29, 0.717) is 19.0 Å². The molecule has 0 aliphatic heterocycles. The fraction of sp³-hybridized carbons (Fsp3) is 0.273. The highest BCUT2D eigenvalue weighted by Gasteiger charge is 2.02. The number of aromatic nitrogens is 1. The van der Waals surface area contributed by atoms with Crippen LogP contribution in [0, 0.1) is 11.3 Å². The molecule has 0 amide bonds. The maximum absolute atomic E-state index is 8.36. The van der Waals surface area contributed by atoms with Crippen LogP contribution in [0.4, 0.5) is 6.01 Å². The molecule has 2 rings (SSSR count). The minimum atomic E-state index is 0.522. The van der Waals surface area contributed by atoms with Gasteiger partial charge in [-0.1, -0.05) is 12.1 Å². The van der Waals surface area contributed by atoms with Gasteiger partial charge < -0.3 is 9.73 Å². The van der Waals surface area contributed by atoms with Crippen molar-refractivity contribution in [1.82, 2.24) is 4.98 Å². The quantitative estimate of drug-likeness (QED) is 0.772. The molecular formula is C11H11N3O. The summed E-state index contributed by atoms with van der Waals surface area (Å²) in [5.74, 6) is 0. The number of para-hydroxylation sites is 2. The van der Waals surface area contributed by atoms with Crippen molar-refractivity contribution < 1.29 is 4.42 Å². The average Bonchev–Trinajstić information content (AvgIpc) is 2.67. The third kappa shape index (κ3) is 2.26. The summed E-state index contributed by atoms with van der Waals surface area (Å²) in [6.07, 6.45) is 1.35. The second-order valence-electron chi connectivity index (χ2n) is 3.18. The van der Waals surface area contributed by atoms with Crippen molar-refractivity contribution >= 4 is 17.1 Å². The van der Waals surface area contributed by atoms with E-state index < -0.39 is 0 Å². The molecule has 1 heterocycles. The van der Waals surface area contributed by atoms with Gasteiger partial charge in [-0.2, -0.15) is 10.2 Å². The van der Waals surface area contributed by atoms with Crippen molar-refractivity contribution in [2.45, 2.75) is 12.8 Å². The molecule has 0 spiro atoms. The van der Waals surface area contributed by atoms with Crippen LogP contribution in [0.5, 0.6) is 0 Å². The molecule has 0 fully saturated rings. The highest BCUT2D eigenvalue weighted by Crippen LogP contribution is 2.17. The Balaban J connectivity index is 2.00. The zero-order chi connectivity index (χ0) is 10.5. The fourth-order valence-corrected chi connectivity index (χ4v) is 1.31. The number of rotatable bonds is 4. The first-order valence-corrected chi connectivity index (χ1v) is 4.86. The van der Waals surface area contributed by atoms with Crippen molar-refractivity contribution in [3.05, 3.63) is 24.3 Å². The minimum Gasteiger partial charge on any atom is -0.424 e. The van der Waals surface area contributed by atoms with Gasteiger partial charge >= 0.3 is 0 Å². The van der Waals surface area contributed by atoms with Gasteiger partial charge in [-0.15, -0.1) is 0 Å². The van der Waals surface area contributed by atoms with Crippen LogP contribution >= 0.6 is 0 Å². The van der Waals surface area contributed by atoms with E-state index in [1.807, 2.05) is 24.3 Å². The predicted molar refractivity (Wildman–Crippen MR) is 57.3 cm³/mol. The lowest BCUT2D eigenvalue weighted by molar-refractivity contribution is 0.612. The molecule has 1 aromatic carbocycles. The monoisotopic (exact) mass is 201 g/mol. The second-order valence-corrected chi connectivity index (χ2v) is 3.18. The van der Waals surface area contributed by atoms with Crippen LogP contribution in [0.25, 0.3) is 11.1 Å². The summed E-state index contributed by atoms with van der Waals surface area (Å²) in [4.78, 5) is 4.25. The first kappa shape index (κ1) is 9.53. The topological polar surface area (TPSA) is 61.9 Å². The van der Waals surface area contributed by atoms with E-state index in [2.05, 4.69) is 16.4 Å². The van der Waals surface area contributed by atoms with Gasteiger partial charge in [0.15, 0.2) is 5.58 Å². The van der Waals surface area contributed by atoms with Crippen molar-refractivity contribution in [3.63, 3.8) is 0 Å². The van der Waals surface area contributed by atoms with E-state index in [-0.39, 0.29) is 0 Å². The average molecular weight is 201 g/mol. The molecule has 0 aliphatic carbocycles. The van der Waals surface area contributed by atoms with E-state index in [1.165, 1.54) is 0 Å². The molecule has 0 unspecified atom stereocenters. The number of nitriles is 1. The number of unbranched alkanes of at least 4 members (excludes halogenated alkanes) is 1. The second kappa shape index (κ2) is 4.47. The van der Waals surface area contributed by atoms with Gasteiger partial charge in [-0.3, -0.25) is 0 Å².